The Labute approximate surface area is 97.5 Å². The van der Waals surface area contributed by atoms with Gasteiger partial charge in [0.05, 0.1) is 5.69 Å². The molecule has 0 saturated carbocycles. The van der Waals surface area contributed by atoms with Crippen LogP contribution in [0.15, 0.2) is 31.5 Å². The molecule has 0 spiro atoms. The molecule has 0 fully saturated rings. The number of hydrogen-bond acceptors (Lipinski definition) is 1. The molecular formula is C15H17N. The zero-order valence-corrected chi connectivity index (χ0v) is 9.90. The van der Waals surface area contributed by atoms with Crippen molar-refractivity contribution in [1.29, 1.82) is 0 Å². The molecule has 1 heteroatoms. The third kappa shape index (κ3) is 2.37. The molecule has 0 aliphatic rings. The fourth-order valence-corrected chi connectivity index (χ4v) is 1.62. The van der Waals surface area contributed by atoms with Gasteiger partial charge in [0.2, 0.25) is 0 Å². The van der Waals surface area contributed by atoms with E-state index < -0.39 is 0 Å². The maximum Gasteiger partial charge on any atom is 0.0702 e. The van der Waals surface area contributed by atoms with Gasteiger partial charge in [0.15, 0.2) is 0 Å². The van der Waals surface area contributed by atoms with Crippen LogP contribution in [0.5, 0.6) is 0 Å². The summed E-state index contributed by atoms with van der Waals surface area (Å²) < 4.78 is 0. The Morgan fingerprint density at radius 1 is 1.00 bits per heavy atom. The Hall–Kier alpha value is -1.89. The van der Waals surface area contributed by atoms with Crippen molar-refractivity contribution in [1.82, 2.24) is 4.98 Å². The summed E-state index contributed by atoms with van der Waals surface area (Å²) in [6.07, 6.45) is 13.5. The lowest BCUT2D eigenvalue weighted by Crippen LogP contribution is -1.94. The molecule has 0 aliphatic carbocycles. The van der Waals surface area contributed by atoms with Crippen molar-refractivity contribution in [2.24, 2.45) is 0 Å². The highest BCUT2D eigenvalue weighted by Crippen LogP contribution is 2.22. The van der Waals surface area contributed by atoms with Crippen LogP contribution in [0.3, 0.4) is 0 Å². The third-order valence-corrected chi connectivity index (χ3v) is 2.30. The molecule has 82 valence electrons. The fourth-order valence-electron chi connectivity index (χ4n) is 1.62. The molecule has 1 nitrogen and oxygen atoms in total. The number of aromatic nitrogens is 1. The summed E-state index contributed by atoms with van der Waals surface area (Å²) in [6, 6.07) is 0. The molecule has 1 aromatic rings. The van der Waals surface area contributed by atoms with Gasteiger partial charge in [-0.05, 0) is 25.5 Å². The number of allylic oxidation sites excluding steroid dienone is 2. The van der Waals surface area contributed by atoms with Crippen LogP contribution in [0.1, 0.15) is 36.2 Å². The van der Waals surface area contributed by atoms with E-state index in [1.165, 1.54) is 0 Å². The Bertz CT molecular complexity index is 451. The largest absolute Gasteiger partial charge is 0.256 e. The molecular weight excluding hydrogens is 194 g/mol. The minimum Gasteiger partial charge on any atom is -0.256 e. The molecule has 0 amide bonds. The van der Waals surface area contributed by atoms with E-state index in [2.05, 4.69) is 18.1 Å². The topological polar surface area (TPSA) is 12.9 Å². The number of pyridine rings is 1. The van der Waals surface area contributed by atoms with Gasteiger partial charge in [0, 0.05) is 17.3 Å². The van der Waals surface area contributed by atoms with E-state index in [4.69, 9.17) is 0 Å². The van der Waals surface area contributed by atoms with Gasteiger partial charge < -0.3 is 0 Å². The minimum absolute atomic E-state index is 0.890. The second-order valence-corrected chi connectivity index (χ2v) is 3.33. The number of rotatable bonds is 4. The van der Waals surface area contributed by atoms with Crippen molar-refractivity contribution < 1.29 is 0 Å². The van der Waals surface area contributed by atoms with Crippen molar-refractivity contribution in [3.05, 3.63) is 53.9 Å². The van der Waals surface area contributed by atoms with Crippen LogP contribution in [0.4, 0.5) is 0 Å². The molecule has 0 radical (unpaired) electrons. The van der Waals surface area contributed by atoms with E-state index in [0.717, 1.165) is 22.4 Å². The van der Waals surface area contributed by atoms with Gasteiger partial charge in [-0.3, -0.25) is 4.98 Å². The van der Waals surface area contributed by atoms with Crippen LogP contribution in [0.2, 0.25) is 0 Å². The lowest BCUT2D eigenvalue weighted by molar-refractivity contribution is 1.26. The summed E-state index contributed by atoms with van der Waals surface area (Å²) in [6.45, 7) is 11.6. The van der Waals surface area contributed by atoms with E-state index in [1.807, 2.05) is 50.4 Å². The van der Waals surface area contributed by atoms with Crippen molar-refractivity contribution in [3.63, 3.8) is 0 Å². The molecule has 0 saturated heterocycles. The molecule has 0 bridgehead atoms. The van der Waals surface area contributed by atoms with Gasteiger partial charge in [-0.1, -0.05) is 43.5 Å². The normalized spacial score (nSPS) is 11.1. The SMILES string of the molecule is C=Cc1ncc(/C=C\C)c(C=C)c1/C=C\C. The summed E-state index contributed by atoms with van der Waals surface area (Å²) in [5.41, 5.74) is 4.14. The molecule has 1 heterocycles. The highest BCUT2D eigenvalue weighted by Gasteiger charge is 2.06. The average molecular weight is 211 g/mol. The molecule has 0 aromatic carbocycles. The summed E-state index contributed by atoms with van der Waals surface area (Å²) in [5.74, 6) is 0. The van der Waals surface area contributed by atoms with Crippen molar-refractivity contribution in [2.75, 3.05) is 0 Å². The maximum atomic E-state index is 4.37. The number of nitrogens with zero attached hydrogens (tertiary/aromatic N) is 1. The first-order valence-electron chi connectivity index (χ1n) is 5.31. The van der Waals surface area contributed by atoms with Crippen LogP contribution in [-0.2, 0) is 0 Å². The summed E-state index contributed by atoms with van der Waals surface area (Å²) >= 11 is 0. The summed E-state index contributed by atoms with van der Waals surface area (Å²) in [7, 11) is 0. The van der Waals surface area contributed by atoms with Crippen LogP contribution in [0, 0.1) is 0 Å². The van der Waals surface area contributed by atoms with Crippen LogP contribution < -0.4 is 0 Å². The van der Waals surface area contributed by atoms with Gasteiger partial charge >= 0.3 is 0 Å². The molecule has 0 N–H and O–H groups in total. The van der Waals surface area contributed by atoms with E-state index in [1.54, 1.807) is 6.08 Å². The Morgan fingerprint density at radius 2 is 1.69 bits per heavy atom. The third-order valence-electron chi connectivity index (χ3n) is 2.30. The second-order valence-electron chi connectivity index (χ2n) is 3.33. The summed E-state index contributed by atoms with van der Waals surface area (Å²) in [4.78, 5) is 4.37. The Morgan fingerprint density at radius 3 is 2.19 bits per heavy atom. The summed E-state index contributed by atoms with van der Waals surface area (Å²) in [5, 5.41) is 0. The van der Waals surface area contributed by atoms with Gasteiger partial charge in [0.1, 0.15) is 0 Å². The zero-order valence-electron chi connectivity index (χ0n) is 9.90. The predicted molar refractivity (Wildman–Crippen MR) is 73.8 cm³/mol. The van der Waals surface area contributed by atoms with Crippen LogP contribution >= 0.6 is 0 Å². The number of hydrogen-bond donors (Lipinski definition) is 0. The van der Waals surface area contributed by atoms with Gasteiger partial charge in [-0.15, -0.1) is 0 Å². The first kappa shape index (κ1) is 12.2. The molecule has 1 rings (SSSR count). The highest BCUT2D eigenvalue weighted by molar-refractivity contribution is 5.77. The molecule has 0 aliphatic heterocycles. The molecule has 0 unspecified atom stereocenters. The van der Waals surface area contributed by atoms with E-state index >= 15 is 0 Å². The lowest BCUT2D eigenvalue weighted by atomic mass is 10.00. The minimum atomic E-state index is 0.890. The predicted octanol–water partition coefficient (Wildman–Crippen LogP) is 4.43. The maximum absolute atomic E-state index is 4.37. The van der Waals surface area contributed by atoms with Crippen molar-refractivity contribution in [2.45, 2.75) is 13.8 Å². The smallest absolute Gasteiger partial charge is 0.0702 e. The van der Waals surface area contributed by atoms with Crippen LogP contribution in [-0.4, -0.2) is 4.98 Å². The molecule has 16 heavy (non-hydrogen) atoms. The highest BCUT2D eigenvalue weighted by atomic mass is 14.7. The quantitative estimate of drug-likeness (QED) is 0.717. The molecule has 1 aromatic heterocycles. The van der Waals surface area contributed by atoms with Gasteiger partial charge in [-0.2, -0.15) is 0 Å². The Balaban J connectivity index is 3.54. The Kier molecular flexibility index (Phi) is 4.46. The van der Waals surface area contributed by atoms with Crippen molar-refractivity contribution >= 4 is 24.3 Å². The van der Waals surface area contributed by atoms with E-state index in [9.17, 15) is 0 Å². The van der Waals surface area contributed by atoms with Crippen molar-refractivity contribution in [3.8, 4) is 0 Å². The lowest BCUT2D eigenvalue weighted by Gasteiger charge is -2.08. The fraction of sp³-hybridized carbons (Fsp3) is 0.133. The zero-order chi connectivity index (χ0) is 12.0. The first-order chi connectivity index (χ1) is 7.78. The van der Waals surface area contributed by atoms with Gasteiger partial charge in [-0.25, -0.2) is 0 Å². The first-order valence-corrected chi connectivity index (χ1v) is 5.31. The van der Waals surface area contributed by atoms with Gasteiger partial charge in [0.25, 0.3) is 0 Å². The second kappa shape index (κ2) is 5.86. The standard InChI is InChI=1S/C15H17N/c1-5-9-12-11-16-15(8-4)14(10-6-2)13(12)7-3/h5-11H,3-4H2,1-2H3/b9-5-,10-6-. The van der Waals surface area contributed by atoms with E-state index in [0.29, 0.717) is 0 Å². The van der Waals surface area contributed by atoms with Crippen LogP contribution in [0.25, 0.3) is 24.3 Å². The van der Waals surface area contributed by atoms with E-state index in [-0.39, 0.29) is 0 Å². The molecule has 0 atom stereocenters. The average Bonchev–Trinajstić information content (AvgIpc) is 2.30. The monoisotopic (exact) mass is 211 g/mol.